The van der Waals surface area contributed by atoms with Gasteiger partial charge in [-0.2, -0.15) is 0 Å². The van der Waals surface area contributed by atoms with Gasteiger partial charge in [0.1, 0.15) is 23.7 Å². The summed E-state index contributed by atoms with van der Waals surface area (Å²) in [5.41, 5.74) is 10.1. The average molecular weight is 548 g/mol. The van der Waals surface area contributed by atoms with Gasteiger partial charge < -0.3 is 23.7 Å². The fourth-order valence-electron chi connectivity index (χ4n) is 4.79. The van der Waals surface area contributed by atoms with E-state index in [4.69, 9.17) is 23.7 Å². The van der Waals surface area contributed by atoms with Gasteiger partial charge in [0.15, 0.2) is 0 Å². The molecule has 39 heavy (non-hydrogen) atoms. The molecule has 1 heterocycles. The molecule has 10 heteroatoms. The third kappa shape index (κ3) is 9.32. The van der Waals surface area contributed by atoms with Crippen molar-refractivity contribution >= 4 is 11.9 Å². The maximum atomic E-state index is 12.9. The van der Waals surface area contributed by atoms with Gasteiger partial charge >= 0.3 is 11.9 Å². The molecule has 218 valence electrons. The Morgan fingerprint density at radius 1 is 1.10 bits per heavy atom. The Morgan fingerprint density at radius 2 is 1.79 bits per heavy atom. The fourth-order valence-corrected chi connectivity index (χ4v) is 4.79. The standard InChI is InChI=1S/C29H45N3O7/c1-17(2)23(15-25(31-32-30)26-16-24(18(3)4)29(34)38-26)27(39-28(33)19(5)6)20-12-21(36-8)14-22(13-20)37-11-9-10-35-7/h12-14,17-19,23-27H,9-11,15-16H2,1-8H3/t23-,24-,25-,26-,27?/m0/s1. The zero-order valence-electron chi connectivity index (χ0n) is 24.6. The van der Waals surface area contributed by atoms with E-state index in [1.54, 1.807) is 34.1 Å². The van der Waals surface area contributed by atoms with E-state index in [2.05, 4.69) is 10.0 Å². The van der Waals surface area contributed by atoms with Crippen molar-refractivity contribution in [3.05, 3.63) is 34.2 Å². The number of nitrogens with zero attached hydrogens (tertiary/aromatic N) is 3. The van der Waals surface area contributed by atoms with E-state index in [1.165, 1.54) is 0 Å². The lowest BCUT2D eigenvalue weighted by atomic mass is 9.79. The Morgan fingerprint density at radius 3 is 2.33 bits per heavy atom. The number of carbonyl (C=O) groups excluding carboxylic acids is 2. The van der Waals surface area contributed by atoms with E-state index in [0.29, 0.717) is 43.1 Å². The van der Waals surface area contributed by atoms with Crippen LogP contribution >= 0.6 is 0 Å². The molecule has 1 aromatic carbocycles. The zero-order chi connectivity index (χ0) is 29.1. The Balaban J connectivity index is 2.47. The number of methoxy groups -OCH3 is 2. The number of ether oxygens (including phenoxy) is 5. The first kappa shape index (κ1) is 32.2. The van der Waals surface area contributed by atoms with Gasteiger partial charge in [-0.15, -0.1) is 0 Å². The predicted octanol–water partition coefficient (Wildman–Crippen LogP) is 6.28. The van der Waals surface area contributed by atoms with E-state index >= 15 is 0 Å². The van der Waals surface area contributed by atoms with Crippen LogP contribution in [0.15, 0.2) is 23.3 Å². The molecular weight excluding hydrogens is 502 g/mol. The number of hydrogen-bond acceptors (Lipinski definition) is 8. The van der Waals surface area contributed by atoms with Crippen molar-refractivity contribution in [2.24, 2.45) is 34.7 Å². The third-order valence-corrected chi connectivity index (χ3v) is 7.19. The van der Waals surface area contributed by atoms with Crippen LogP contribution in [0, 0.1) is 29.6 Å². The zero-order valence-corrected chi connectivity index (χ0v) is 24.6. The molecule has 0 radical (unpaired) electrons. The molecule has 5 atom stereocenters. The number of azide groups is 1. The molecule has 1 saturated heterocycles. The minimum atomic E-state index is -0.675. The lowest BCUT2D eigenvalue weighted by Crippen LogP contribution is -2.33. The first-order valence-corrected chi connectivity index (χ1v) is 13.8. The van der Waals surface area contributed by atoms with Crippen LogP contribution in [0.3, 0.4) is 0 Å². The lowest BCUT2D eigenvalue weighted by molar-refractivity contribution is -0.157. The molecule has 0 aliphatic carbocycles. The maximum Gasteiger partial charge on any atom is 0.309 e. The average Bonchev–Trinajstić information content (AvgIpc) is 3.29. The molecule has 10 nitrogen and oxygen atoms in total. The van der Waals surface area contributed by atoms with Crippen LogP contribution in [-0.4, -0.2) is 51.5 Å². The van der Waals surface area contributed by atoms with Crippen molar-refractivity contribution in [1.82, 2.24) is 0 Å². The molecule has 1 fully saturated rings. The van der Waals surface area contributed by atoms with Gasteiger partial charge in [-0.05, 0) is 42.3 Å². The largest absolute Gasteiger partial charge is 0.497 e. The number of carbonyl (C=O) groups is 2. The number of hydrogen-bond donors (Lipinski definition) is 0. The smallest absolute Gasteiger partial charge is 0.309 e. The van der Waals surface area contributed by atoms with Crippen molar-refractivity contribution in [3.8, 4) is 11.5 Å². The van der Waals surface area contributed by atoms with E-state index in [1.807, 2.05) is 39.8 Å². The molecular formula is C29H45N3O7. The molecule has 0 N–H and O–H groups in total. The van der Waals surface area contributed by atoms with Crippen LogP contribution in [0.5, 0.6) is 11.5 Å². The Bertz CT molecular complexity index is 991. The maximum absolute atomic E-state index is 12.9. The molecule has 0 saturated carbocycles. The molecule has 1 aromatic rings. The van der Waals surface area contributed by atoms with Gasteiger partial charge in [-0.1, -0.05) is 46.7 Å². The van der Waals surface area contributed by atoms with E-state index < -0.39 is 18.2 Å². The molecule has 0 bridgehead atoms. The Kier molecular flexibility index (Phi) is 12.9. The van der Waals surface area contributed by atoms with Crippen LogP contribution in [-0.2, 0) is 23.8 Å². The van der Waals surface area contributed by atoms with E-state index in [0.717, 1.165) is 6.42 Å². The van der Waals surface area contributed by atoms with Gasteiger partial charge in [-0.3, -0.25) is 9.59 Å². The van der Waals surface area contributed by atoms with Crippen LogP contribution in [0.2, 0.25) is 0 Å². The van der Waals surface area contributed by atoms with Gasteiger partial charge in [0.05, 0.1) is 31.6 Å². The highest BCUT2D eigenvalue weighted by molar-refractivity contribution is 5.75. The van der Waals surface area contributed by atoms with Crippen LogP contribution in [0.1, 0.15) is 72.5 Å². The molecule has 2 rings (SSSR count). The summed E-state index contributed by atoms with van der Waals surface area (Å²) < 4.78 is 28.4. The third-order valence-electron chi connectivity index (χ3n) is 7.19. The predicted molar refractivity (Wildman–Crippen MR) is 147 cm³/mol. The fraction of sp³-hybridized carbons (Fsp3) is 0.724. The van der Waals surface area contributed by atoms with Crippen molar-refractivity contribution < 1.29 is 33.3 Å². The van der Waals surface area contributed by atoms with Crippen molar-refractivity contribution in [3.63, 3.8) is 0 Å². The highest BCUT2D eigenvalue weighted by atomic mass is 16.6. The minimum absolute atomic E-state index is 0.0293. The number of rotatable bonds is 16. The molecule has 1 aliphatic heterocycles. The summed E-state index contributed by atoms with van der Waals surface area (Å²) in [6.45, 7) is 12.6. The van der Waals surface area contributed by atoms with Gasteiger partial charge in [0, 0.05) is 42.6 Å². The molecule has 0 spiro atoms. The second kappa shape index (κ2) is 15.6. The van der Waals surface area contributed by atoms with Crippen molar-refractivity contribution in [2.45, 2.75) is 79.1 Å². The monoisotopic (exact) mass is 547 g/mol. The van der Waals surface area contributed by atoms with E-state index in [-0.39, 0.29) is 41.5 Å². The van der Waals surface area contributed by atoms with Crippen molar-refractivity contribution in [2.75, 3.05) is 27.4 Å². The highest BCUT2D eigenvalue weighted by Crippen LogP contribution is 2.41. The first-order chi connectivity index (χ1) is 18.5. The second-order valence-corrected chi connectivity index (χ2v) is 11.1. The van der Waals surface area contributed by atoms with Gasteiger partial charge in [0.25, 0.3) is 0 Å². The molecule has 1 aliphatic rings. The number of esters is 2. The summed E-state index contributed by atoms with van der Waals surface area (Å²) in [6, 6.07) is 4.87. The van der Waals surface area contributed by atoms with E-state index in [9.17, 15) is 15.1 Å². The van der Waals surface area contributed by atoms with Gasteiger partial charge in [-0.25, -0.2) is 0 Å². The minimum Gasteiger partial charge on any atom is -0.497 e. The summed E-state index contributed by atoms with van der Waals surface area (Å²) in [4.78, 5) is 28.5. The summed E-state index contributed by atoms with van der Waals surface area (Å²) >= 11 is 0. The Labute approximate surface area is 232 Å². The second-order valence-electron chi connectivity index (χ2n) is 11.1. The van der Waals surface area contributed by atoms with Crippen LogP contribution in [0.4, 0.5) is 0 Å². The molecule has 0 amide bonds. The molecule has 1 unspecified atom stereocenters. The number of cyclic esters (lactones) is 1. The van der Waals surface area contributed by atoms with Gasteiger partial charge in [0.2, 0.25) is 0 Å². The summed E-state index contributed by atoms with van der Waals surface area (Å²) in [6.07, 6.45) is 0.357. The summed E-state index contributed by atoms with van der Waals surface area (Å²) in [5, 5.41) is 4.06. The summed E-state index contributed by atoms with van der Waals surface area (Å²) in [7, 11) is 3.21. The summed E-state index contributed by atoms with van der Waals surface area (Å²) in [5.74, 6) is -0.142. The molecule has 0 aromatic heterocycles. The highest BCUT2D eigenvalue weighted by Gasteiger charge is 2.42. The SMILES string of the molecule is COCCCOc1cc(OC)cc(C(OC(=O)C(C)C)[C@@H](C[C@H](N=[N+]=[N-])[C@@H]2C[C@@H](C(C)C)C(=O)O2)C(C)C)c1. The lowest BCUT2D eigenvalue weighted by Gasteiger charge is -2.34. The van der Waals surface area contributed by atoms with Crippen LogP contribution in [0.25, 0.3) is 10.4 Å². The Hall–Kier alpha value is -2.97. The van der Waals surface area contributed by atoms with Crippen molar-refractivity contribution in [1.29, 1.82) is 0 Å². The topological polar surface area (TPSA) is 129 Å². The normalized spacial score (nSPS) is 19.4. The quantitative estimate of drug-likeness (QED) is 0.0783. The number of benzene rings is 1. The van der Waals surface area contributed by atoms with Crippen LogP contribution < -0.4 is 9.47 Å². The first-order valence-electron chi connectivity index (χ1n) is 13.8.